The Morgan fingerprint density at radius 3 is 0.857 bits per heavy atom. The Kier molecular flexibility index (Phi) is 45.0. The summed E-state index contributed by atoms with van der Waals surface area (Å²) in [4.78, 5) is 0. The van der Waals surface area contributed by atoms with Gasteiger partial charge in [-0.25, -0.2) is 0 Å². The molecule has 2 N–H and O–H groups in total. The van der Waals surface area contributed by atoms with Crippen molar-refractivity contribution in [3.63, 3.8) is 0 Å². The van der Waals surface area contributed by atoms with Gasteiger partial charge in [0.05, 0.1) is 158 Å². The summed E-state index contributed by atoms with van der Waals surface area (Å²) >= 11 is 0. The van der Waals surface area contributed by atoms with E-state index in [-0.39, 0.29) is 12.7 Å². The van der Waals surface area contributed by atoms with E-state index in [1.165, 1.54) is 57.8 Å². The third-order valence-electron chi connectivity index (χ3n) is 7.16. The van der Waals surface area contributed by atoms with Crippen LogP contribution in [-0.2, 0) is 52.1 Å². The van der Waals surface area contributed by atoms with Crippen LogP contribution < -0.4 is 0 Å². The van der Waals surface area contributed by atoms with Crippen molar-refractivity contribution in [2.45, 2.75) is 83.7 Å². The molecule has 0 amide bonds. The molecule has 0 radical (unpaired) electrons. The fourth-order valence-corrected chi connectivity index (χ4v) is 4.43. The van der Waals surface area contributed by atoms with Crippen LogP contribution in [-0.4, -0.2) is 168 Å². The van der Waals surface area contributed by atoms with E-state index in [9.17, 15) is 5.11 Å². The lowest BCUT2D eigenvalue weighted by molar-refractivity contribution is -0.0298. The normalized spacial score (nSPS) is 12.3. The summed E-state index contributed by atoms with van der Waals surface area (Å²) in [6.07, 6.45) is 13.4. The minimum absolute atomic E-state index is 0.0252. The lowest BCUT2D eigenvalue weighted by atomic mass is 10.0. The van der Waals surface area contributed by atoms with E-state index in [0.29, 0.717) is 145 Å². The van der Waals surface area contributed by atoms with E-state index in [2.05, 4.69) is 6.92 Å². The van der Waals surface area contributed by atoms with Crippen molar-refractivity contribution in [2.75, 3.05) is 152 Å². The number of hydrogen-bond donors (Lipinski definition) is 2. The van der Waals surface area contributed by atoms with Gasteiger partial charge in [-0.05, 0) is 6.42 Å². The van der Waals surface area contributed by atoms with Gasteiger partial charge >= 0.3 is 0 Å². The summed E-state index contributed by atoms with van der Waals surface area (Å²) in [6, 6.07) is 0. The number of aliphatic hydroxyl groups excluding tert-OH is 2. The zero-order valence-corrected chi connectivity index (χ0v) is 31.0. The summed E-state index contributed by atoms with van der Waals surface area (Å²) < 4.78 is 59.7. The van der Waals surface area contributed by atoms with Gasteiger partial charge in [0.15, 0.2) is 0 Å². The SMILES string of the molecule is CCCCCCCCCCCCC(O)COCCOCCOCCOCCOCCOCCOCCOCCOCCOCCOCCO. The van der Waals surface area contributed by atoms with Gasteiger partial charge in [-0.1, -0.05) is 71.1 Å². The third kappa shape index (κ3) is 45.5. The molecule has 0 aliphatic heterocycles. The van der Waals surface area contributed by atoms with E-state index in [1.807, 2.05) is 0 Å². The molecule has 13 nitrogen and oxygen atoms in total. The topological polar surface area (TPSA) is 142 Å². The molecule has 0 aliphatic rings. The molecule has 49 heavy (non-hydrogen) atoms. The van der Waals surface area contributed by atoms with Crippen molar-refractivity contribution in [2.24, 2.45) is 0 Å². The molecule has 296 valence electrons. The first-order valence-corrected chi connectivity index (χ1v) is 18.9. The molecule has 0 aromatic heterocycles. The Labute approximate surface area is 297 Å². The molecule has 13 heteroatoms. The highest BCUT2D eigenvalue weighted by Crippen LogP contribution is 2.12. The summed E-state index contributed by atoms with van der Waals surface area (Å²) in [5, 5.41) is 18.6. The first kappa shape index (κ1) is 48.5. The predicted molar refractivity (Wildman–Crippen MR) is 189 cm³/mol. The summed E-state index contributed by atoms with van der Waals surface area (Å²) in [5.41, 5.74) is 0. The van der Waals surface area contributed by atoms with Crippen molar-refractivity contribution in [3.8, 4) is 0 Å². The Morgan fingerprint density at radius 1 is 0.327 bits per heavy atom. The number of rotatable bonds is 45. The minimum atomic E-state index is -0.384. The molecular formula is C36H74O13. The average molecular weight is 715 g/mol. The van der Waals surface area contributed by atoms with E-state index >= 15 is 0 Å². The van der Waals surface area contributed by atoms with Crippen LogP contribution in [0.15, 0.2) is 0 Å². The molecule has 1 atom stereocenters. The molecule has 0 spiro atoms. The van der Waals surface area contributed by atoms with Crippen LogP contribution in [0.1, 0.15) is 77.6 Å². The van der Waals surface area contributed by atoms with Gasteiger partial charge in [-0.2, -0.15) is 0 Å². The second kappa shape index (κ2) is 45.5. The molecule has 0 heterocycles. The third-order valence-corrected chi connectivity index (χ3v) is 7.16. The van der Waals surface area contributed by atoms with Crippen molar-refractivity contribution >= 4 is 0 Å². The van der Waals surface area contributed by atoms with Crippen molar-refractivity contribution in [1.29, 1.82) is 0 Å². The maximum Gasteiger partial charge on any atom is 0.0773 e. The Hall–Kier alpha value is -0.520. The number of aliphatic hydroxyl groups is 2. The zero-order chi connectivity index (χ0) is 35.4. The van der Waals surface area contributed by atoms with Crippen LogP contribution >= 0.6 is 0 Å². The fraction of sp³-hybridized carbons (Fsp3) is 1.00. The van der Waals surface area contributed by atoms with Crippen molar-refractivity contribution < 1.29 is 62.3 Å². The van der Waals surface area contributed by atoms with E-state index in [4.69, 9.17) is 57.2 Å². The molecule has 0 saturated heterocycles. The maximum atomic E-state index is 10.1. The van der Waals surface area contributed by atoms with Crippen molar-refractivity contribution in [1.82, 2.24) is 0 Å². The molecule has 0 saturated carbocycles. The van der Waals surface area contributed by atoms with Crippen LogP contribution in [0, 0.1) is 0 Å². The van der Waals surface area contributed by atoms with Crippen LogP contribution in [0.3, 0.4) is 0 Å². The standard InChI is InChI=1S/C36H74O13/c1-2-3-4-5-6-7-8-9-10-11-12-36(38)35-49-34-33-48-32-31-47-30-29-46-28-27-45-26-25-44-24-23-43-22-21-42-20-19-41-18-17-40-16-15-39-14-13-37/h36-38H,2-35H2,1H3. The van der Waals surface area contributed by atoms with Gasteiger partial charge in [0.25, 0.3) is 0 Å². The zero-order valence-electron chi connectivity index (χ0n) is 31.0. The summed E-state index contributed by atoms with van der Waals surface area (Å²) in [5.74, 6) is 0. The molecule has 0 rings (SSSR count). The summed E-state index contributed by atoms with van der Waals surface area (Å²) in [6.45, 7) is 13.0. The first-order chi connectivity index (χ1) is 24.3. The number of hydrogen-bond acceptors (Lipinski definition) is 13. The van der Waals surface area contributed by atoms with Crippen LogP contribution in [0.5, 0.6) is 0 Å². The summed E-state index contributed by atoms with van der Waals surface area (Å²) in [7, 11) is 0. The second-order valence-electron chi connectivity index (χ2n) is 11.5. The van der Waals surface area contributed by atoms with Crippen molar-refractivity contribution in [3.05, 3.63) is 0 Å². The maximum absolute atomic E-state index is 10.1. The highest BCUT2D eigenvalue weighted by Gasteiger charge is 2.04. The largest absolute Gasteiger partial charge is 0.394 e. The molecule has 0 aromatic carbocycles. The van der Waals surface area contributed by atoms with Gasteiger partial charge in [0.1, 0.15) is 0 Å². The Bertz CT molecular complexity index is 577. The minimum Gasteiger partial charge on any atom is -0.394 e. The molecule has 0 aliphatic carbocycles. The smallest absolute Gasteiger partial charge is 0.0773 e. The van der Waals surface area contributed by atoms with Crippen LogP contribution in [0.2, 0.25) is 0 Å². The molecule has 0 aromatic rings. The van der Waals surface area contributed by atoms with Gasteiger partial charge in [-0.15, -0.1) is 0 Å². The lowest BCUT2D eigenvalue weighted by Gasteiger charge is -2.11. The number of unbranched alkanes of at least 4 members (excludes halogenated alkanes) is 9. The van der Waals surface area contributed by atoms with E-state index in [1.54, 1.807) is 0 Å². The van der Waals surface area contributed by atoms with Gasteiger partial charge < -0.3 is 62.3 Å². The van der Waals surface area contributed by atoms with E-state index in [0.717, 1.165) is 12.8 Å². The average Bonchev–Trinajstić information content (AvgIpc) is 3.11. The van der Waals surface area contributed by atoms with E-state index < -0.39 is 0 Å². The molecular weight excluding hydrogens is 640 g/mol. The molecule has 0 bridgehead atoms. The second-order valence-corrected chi connectivity index (χ2v) is 11.5. The lowest BCUT2D eigenvalue weighted by Crippen LogP contribution is -2.18. The van der Waals surface area contributed by atoms with Gasteiger partial charge in [-0.3, -0.25) is 0 Å². The van der Waals surface area contributed by atoms with Gasteiger partial charge in [0, 0.05) is 0 Å². The van der Waals surface area contributed by atoms with Gasteiger partial charge in [0.2, 0.25) is 0 Å². The Balaban J connectivity index is 3.10. The Morgan fingerprint density at radius 2 is 0.571 bits per heavy atom. The molecule has 1 unspecified atom stereocenters. The van der Waals surface area contributed by atoms with Crippen LogP contribution in [0.25, 0.3) is 0 Å². The monoisotopic (exact) mass is 715 g/mol. The highest BCUT2D eigenvalue weighted by atomic mass is 16.6. The highest BCUT2D eigenvalue weighted by molar-refractivity contribution is 4.55. The molecule has 0 fully saturated rings. The van der Waals surface area contributed by atoms with Crippen LogP contribution in [0.4, 0.5) is 0 Å². The fourth-order valence-electron chi connectivity index (χ4n) is 4.43. The predicted octanol–water partition coefficient (Wildman–Crippen LogP) is 3.83. The first-order valence-electron chi connectivity index (χ1n) is 18.9. The quantitative estimate of drug-likeness (QED) is 0.0884. The number of ether oxygens (including phenoxy) is 11.